The summed E-state index contributed by atoms with van der Waals surface area (Å²) in [7, 11) is 3.51. The number of carbonyl (C=O) groups is 6. The molecule has 6 aliphatic heterocycles. The Morgan fingerprint density at radius 2 is 0.896 bits per heavy atom. The summed E-state index contributed by atoms with van der Waals surface area (Å²) >= 11 is 0. The number of nitrogens with one attached hydrogen (secondary N) is 4. The highest BCUT2D eigenvalue weighted by molar-refractivity contribution is 7.45. The molecular formula is C88H121N22O21P3. The third kappa shape index (κ3) is 23.0. The van der Waals surface area contributed by atoms with Crippen molar-refractivity contribution in [3.63, 3.8) is 0 Å². The molecule has 8 aromatic rings. The van der Waals surface area contributed by atoms with E-state index in [1.54, 1.807) is 116 Å². The molecule has 0 aliphatic carbocycles. The number of fused-ring (bicyclic) bond motifs is 8. The van der Waals surface area contributed by atoms with Gasteiger partial charge in [0.05, 0.1) is 12.7 Å². The molecule has 6 aliphatic rings. The molecule has 7 N–H and O–H groups in total. The first kappa shape index (κ1) is 97.8. The van der Waals surface area contributed by atoms with Gasteiger partial charge in [0.25, 0.3) is 66.6 Å². The van der Waals surface area contributed by atoms with Gasteiger partial charge in [-0.3, -0.25) is 57.6 Å². The van der Waals surface area contributed by atoms with E-state index < -0.39 is 146 Å². The van der Waals surface area contributed by atoms with Crippen LogP contribution >= 0.6 is 25.6 Å². The number of para-hydroxylation sites is 1. The van der Waals surface area contributed by atoms with Crippen LogP contribution in [-0.2, 0) is 60.5 Å². The van der Waals surface area contributed by atoms with Gasteiger partial charge in [-0.1, -0.05) is 54.6 Å². The van der Waals surface area contributed by atoms with E-state index in [0.29, 0.717) is 33.6 Å². The number of imidazole rings is 2. The van der Waals surface area contributed by atoms with Crippen LogP contribution in [0, 0.1) is 26.6 Å². The Morgan fingerprint density at radius 3 is 1.28 bits per heavy atom. The first-order chi connectivity index (χ1) is 66.9. The van der Waals surface area contributed by atoms with Gasteiger partial charge in [0, 0.05) is 106 Å². The van der Waals surface area contributed by atoms with Crippen LogP contribution in [0.2, 0.25) is 0 Å². The molecule has 134 heavy (non-hydrogen) atoms. The minimum atomic E-state index is -1.77. The molecule has 0 radical (unpaired) electrons. The predicted octanol–water partition coefficient (Wildman–Crippen LogP) is 9.23. The molecular weight excluding hydrogens is 1790 g/mol. The lowest BCUT2D eigenvalue weighted by Gasteiger charge is -2.37. The number of ether oxygens (including phenoxy) is 4. The van der Waals surface area contributed by atoms with Gasteiger partial charge in [-0.25, -0.2) is 58.5 Å². The monoisotopic (exact) mass is 1920 g/mol. The molecule has 46 heteroatoms. The maximum atomic E-state index is 13.5. The van der Waals surface area contributed by atoms with Gasteiger partial charge in [0.1, 0.15) is 74.2 Å². The summed E-state index contributed by atoms with van der Waals surface area (Å²) in [5.74, 6) is -1.74. The first-order valence-corrected chi connectivity index (χ1v) is 46.1. The molecule has 14 rings (SSSR count). The molecule has 6 bridgehead atoms. The summed E-state index contributed by atoms with van der Waals surface area (Å²) in [4.78, 5) is 148. The summed E-state index contributed by atoms with van der Waals surface area (Å²) in [5, 5.41) is 18.5. The molecule has 43 nitrogen and oxygen atoms in total. The molecule has 3 aromatic carbocycles. The summed E-state index contributed by atoms with van der Waals surface area (Å²) in [6.45, 7) is 46.6. The molecule has 0 spiro atoms. The normalized spacial score (nSPS) is 23.6. The van der Waals surface area contributed by atoms with Crippen molar-refractivity contribution in [2.45, 2.75) is 219 Å². The average molecular weight is 1930 g/mol. The Balaban J connectivity index is 0.000000225. The second kappa shape index (κ2) is 47.6. The Morgan fingerprint density at radius 1 is 0.530 bits per heavy atom. The number of carbonyl (C=O) groups excluding carboxylic acids is 6. The number of rotatable bonds is 35. The summed E-state index contributed by atoms with van der Waals surface area (Å²) in [5.41, 5.74) is -3.99. The van der Waals surface area contributed by atoms with Crippen molar-refractivity contribution in [2.24, 2.45) is 0 Å². The van der Waals surface area contributed by atoms with Crippen LogP contribution in [0.4, 0.5) is 17.6 Å². The number of likely N-dealkylation sites (tertiary alicyclic amines) is 3. The number of nitrogens with zero attached hydrogens (tertiary/aromatic N) is 18. The van der Waals surface area contributed by atoms with E-state index in [0.717, 1.165) is 0 Å². The van der Waals surface area contributed by atoms with E-state index in [-0.39, 0.29) is 130 Å². The minimum absolute atomic E-state index is 0.00759. The van der Waals surface area contributed by atoms with E-state index in [1.807, 2.05) is 105 Å². The number of aromatic nitrogens is 10. The number of hydrogen-bond donors (Lipinski definition) is 7. The minimum Gasteiger partial charge on any atom is -0.484 e. The molecule has 6 amide bonds. The molecule has 0 saturated carbocycles. The fourth-order valence-corrected chi connectivity index (χ4v) is 21.5. The zero-order chi connectivity index (χ0) is 103. The van der Waals surface area contributed by atoms with Gasteiger partial charge in [-0.15, -0.1) is 0 Å². The van der Waals surface area contributed by atoms with Crippen molar-refractivity contribution in [2.75, 3.05) is 104 Å². The van der Waals surface area contributed by atoms with Crippen LogP contribution in [0.5, 0.6) is 5.75 Å². The van der Waals surface area contributed by atoms with Crippen LogP contribution in [0.25, 0.3) is 36.9 Å². The Kier molecular flexibility index (Phi) is 34.7. The fraction of sp³-hybridized carbons (Fsp3) is 0.534. The number of aromatic amines is 1. The number of H-pyrrole nitrogens is 1. The fourth-order valence-electron chi connectivity index (χ4n) is 16.1. The van der Waals surface area contributed by atoms with Crippen LogP contribution in [-0.4, -0.2) is 310 Å². The number of likely N-dealkylation sites (N-methyl/N-ethyl adjacent to an activating group) is 3. The lowest BCUT2D eigenvalue weighted by molar-refractivity contribution is -0.171. The van der Waals surface area contributed by atoms with E-state index in [2.05, 4.69) is 85.4 Å². The lowest BCUT2D eigenvalue weighted by Crippen LogP contribution is -2.49. The number of anilines is 3. The van der Waals surface area contributed by atoms with Gasteiger partial charge in [0.15, 0.2) is 70.2 Å². The average Bonchev–Trinajstić information content (AvgIpc) is 1.54. The zero-order valence-electron chi connectivity index (χ0n) is 84.2. The third-order valence-electron chi connectivity index (χ3n) is 21.8. The number of hydrogen-bond acceptors (Lipinski definition) is 30. The van der Waals surface area contributed by atoms with Crippen molar-refractivity contribution in [1.29, 1.82) is 4.29 Å². The van der Waals surface area contributed by atoms with Crippen LogP contribution in [0.1, 0.15) is 153 Å². The lowest BCUT2D eigenvalue weighted by atomic mass is 10.0. The highest BCUT2D eigenvalue weighted by Gasteiger charge is 2.71. The third-order valence-corrected chi connectivity index (χ3v) is 28.1. The topological polar surface area (TPSA) is 466 Å². The standard InChI is InChI=1S/C29H37N8O7P.C28H35N8O5P.C28H37N6O6P.3CH4O/c1-17(2)37(18(3)4)45(42-14-13-30-6)44-23-22-26(43-29(23,5)27(40)35(22)7)36-16-31-21-24(36)33-28(34-25(21)39)32-20(38)15-41-19-11-9-8-10-12-19;1-17(2)36(18(3)4)42(39-14-13-29-6)41-22-21-26(40-28(22,5)27(38)34(21)7)35-16-32-20-23(30-15-31-24(20)35)33-25(37)19-11-9-8-10-12-19;1-17(2)34(18(3)4)41(38-15-14-29-7)40-22-21-25(39-28(22,6)26(36)32(21)8)33-16-19(5)23(31-27(33)37)30-24(35)20-12-10-9-11-13-20;3*1-2/h8-12,16-18,22-23,26H,13-15H2,1-5,7H3,(H2,32,33,34,38,39);8-12,15-18,21-22,26H,13-14H2,1-5,7H3,(H,30,31,33,37);9-13,16-18,21-22,25H,14-15H2,1-6,8H3,(H,30,31,35,37);3*2H,1H3/t22-,23+,26-,29-,45?;21-,22+,26-,28-,42?;21-,22+,25-,28-,41?;;;/m111.../s1/i2*5D;6D;3*2T. The van der Waals surface area contributed by atoms with Crippen molar-refractivity contribution >= 4 is 101 Å². The number of amides is 6. The molecule has 6 fully saturated rings. The maximum absolute atomic E-state index is 13.5. The highest BCUT2D eigenvalue weighted by Crippen LogP contribution is 2.60. The Hall–Kier alpha value is -10.8. The van der Waals surface area contributed by atoms with Crippen LogP contribution in [0.15, 0.2) is 126 Å². The van der Waals surface area contributed by atoms with Crippen molar-refractivity contribution in [3.05, 3.63) is 188 Å². The van der Waals surface area contributed by atoms with Gasteiger partial charge in [-0.2, -0.15) is 9.97 Å². The zero-order valence-corrected chi connectivity index (χ0v) is 80.8. The van der Waals surface area contributed by atoms with Crippen molar-refractivity contribution in [1.82, 2.24) is 77.3 Å². The number of aryl methyl sites for hydroxylation is 1. The molecule has 15 atom stereocenters. The van der Waals surface area contributed by atoms with Crippen LogP contribution < -0.4 is 31.9 Å². The Bertz CT molecular complexity index is 5720. The maximum Gasteiger partial charge on any atom is 0.351 e. The van der Waals surface area contributed by atoms with Gasteiger partial charge >= 0.3 is 5.69 Å². The SMILES string of the molecule is [2H]C[C@@]12O[C@@H](n3cc(C)c(NC(=O)c4ccccc4)nc3=O)[C@@H]([C@@H]1OP(OCC[N+]#[C-])N(C(C)C)C(C)C)N(C)C2=O.[2H]C[C@@]12O[C@@H](n3cnc4c(=O)[nH]c(NC(=O)COc5ccccc5)nc43)[C@@H]([C@@H]1OP(OCC[N+]#[C-])N(C(C)C)C(C)C)N(C)C2=O.[2H]C[C@@]12O[C@@H](n3cnc4c(NC(=O)c5ccccc5)ncnc43)[C@@H]([C@@H]1OP(OCC[N+]#[C-])N(C(C)C)C(C)C)N(C)C2=O.[3H]OC.[3H]OC.[3H]OC. The summed E-state index contributed by atoms with van der Waals surface area (Å²) < 4.78 is 116. The van der Waals surface area contributed by atoms with Gasteiger partial charge in [-0.05, 0) is 147 Å². The van der Waals surface area contributed by atoms with E-state index in [9.17, 15) is 38.4 Å². The summed E-state index contributed by atoms with van der Waals surface area (Å²) in [6.07, 6.45) is 0.328. The molecule has 5 aromatic heterocycles. The second-order valence-electron chi connectivity index (χ2n) is 32.6. The van der Waals surface area contributed by atoms with Gasteiger partial charge in [0.2, 0.25) is 29.9 Å². The molecule has 724 valence electrons. The van der Waals surface area contributed by atoms with Crippen molar-refractivity contribution < 1.29 is 94.3 Å². The predicted molar refractivity (Wildman–Crippen MR) is 500 cm³/mol. The van der Waals surface area contributed by atoms with Crippen molar-refractivity contribution in [3.8, 4) is 5.75 Å². The second-order valence-corrected chi connectivity index (χ2v) is 36.8. The highest BCUT2D eigenvalue weighted by atomic mass is 31.2. The molecule has 3 unspecified atom stereocenters. The number of morpholine rings is 3. The summed E-state index contributed by atoms with van der Waals surface area (Å²) in [6, 6.07) is 24.2. The largest absolute Gasteiger partial charge is 0.484 e. The Labute approximate surface area is 790 Å². The first-order valence-electron chi connectivity index (χ1n) is 46.0. The number of aliphatic hydroxyl groups excluding tert-OH is 3. The van der Waals surface area contributed by atoms with E-state index in [4.69, 9.17) is 74.2 Å². The molecule has 11 heterocycles. The number of aliphatic hydroxyl groups is 3. The van der Waals surface area contributed by atoms with E-state index >= 15 is 0 Å². The van der Waals surface area contributed by atoms with Crippen LogP contribution in [0.3, 0.4) is 0 Å². The smallest absolute Gasteiger partial charge is 0.351 e. The van der Waals surface area contributed by atoms with Gasteiger partial charge < -0.3 is 101 Å². The van der Waals surface area contributed by atoms with E-state index in [1.165, 1.54) is 65.4 Å². The number of benzene rings is 3. The quantitative estimate of drug-likeness (QED) is 0.0110. The molecule has 6 saturated heterocycles.